The third kappa shape index (κ3) is 4.19. The molecule has 0 radical (unpaired) electrons. The van der Waals surface area contributed by atoms with Crippen LogP contribution in [0.15, 0.2) is 37.1 Å². The van der Waals surface area contributed by atoms with Crippen LogP contribution in [0.4, 0.5) is 0 Å². The number of hydrogen-bond acceptors (Lipinski definition) is 5. The molecule has 0 aromatic carbocycles. The molecule has 0 aliphatic rings. The van der Waals surface area contributed by atoms with E-state index in [-0.39, 0.29) is 5.92 Å². The molecule has 1 heterocycles. The second-order valence-corrected chi connectivity index (χ2v) is 4.28. The summed E-state index contributed by atoms with van der Waals surface area (Å²) in [5.41, 5.74) is 0.896. The molecule has 20 heavy (non-hydrogen) atoms. The van der Waals surface area contributed by atoms with Crippen LogP contribution in [0.25, 0.3) is 0 Å². The predicted molar refractivity (Wildman–Crippen MR) is 73.8 cm³/mol. The van der Waals surface area contributed by atoms with Crippen LogP contribution < -0.4 is 0 Å². The minimum absolute atomic E-state index is 0.350. The zero-order valence-electron chi connectivity index (χ0n) is 11.7. The Labute approximate surface area is 118 Å². The highest BCUT2D eigenvalue weighted by atomic mass is 16.5. The van der Waals surface area contributed by atoms with Crippen LogP contribution in [0, 0.1) is 11.8 Å². The van der Waals surface area contributed by atoms with Crippen molar-refractivity contribution in [2.24, 2.45) is 11.8 Å². The van der Waals surface area contributed by atoms with E-state index in [1.54, 1.807) is 12.3 Å². The minimum atomic E-state index is -0.980. The second kappa shape index (κ2) is 8.09. The number of carbonyl (C=O) groups is 2. The molecule has 108 valence electrons. The quantitative estimate of drug-likeness (QED) is 0.432. The van der Waals surface area contributed by atoms with E-state index in [0.717, 1.165) is 5.69 Å². The Morgan fingerprint density at radius 1 is 1.30 bits per heavy atom. The lowest BCUT2D eigenvalue weighted by atomic mass is 9.87. The molecular formula is C15H19NO4. The van der Waals surface area contributed by atoms with Crippen LogP contribution in [-0.4, -0.2) is 31.1 Å². The Morgan fingerprint density at radius 2 is 1.95 bits per heavy atom. The van der Waals surface area contributed by atoms with Gasteiger partial charge in [0.15, 0.2) is 5.92 Å². The van der Waals surface area contributed by atoms with Crippen molar-refractivity contribution in [1.82, 2.24) is 4.98 Å². The number of hydrogen-bond donors (Lipinski definition) is 0. The topological polar surface area (TPSA) is 65.5 Å². The largest absolute Gasteiger partial charge is 0.468 e. The molecule has 1 aromatic rings. The van der Waals surface area contributed by atoms with Gasteiger partial charge in [0.25, 0.3) is 0 Å². The van der Waals surface area contributed by atoms with E-state index < -0.39 is 17.9 Å². The van der Waals surface area contributed by atoms with Crippen molar-refractivity contribution in [3.05, 3.63) is 42.7 Å². The molecular weight excluding hydrogens is 258 g/mol. The number of ether oxygens (including phenoxy) is 2. The maximum atomic E-state index is 11.7. The predicted octanol–water partition coefficient (Wildman–Crippen LogP) is 1.78. The summed E-state index contributed by atoms with van der Waals surface area (Å²) in [6.45, 7) is 3.69. The maximum absolute atomic E-state index is 11.7. The Kier molecular flexibility index (Phi) is 6.43. The summed E-state index contributed by atoms with van der Waals surface area (Å²) in [4.78, 5) is 27.7. The van der Waals surface area contributed by atoms with Gasteiger partial charge >= 0.3 is 11.9 Å². The fourth-order valence-corrected chi connectivity index (χ4v) is 1.98. The summed E-state index contributed by atoms with van der Waals surface area (Å²) in [5.74, 6) is -2.55. The summed E-state index contributed by atoms with van der Waals surface area (Å²) < 4.78 is 9.33. The highest BCUT2D eigenvalue weighted by Gasteiger charge is 2.35. The van der Waals surface area contributed by atoms with Gasteiger partial charge in [0.05, 0.1) is 14.2 Å². The zero-order chi connectivity index (χ0) is 15.0. The van der Waals surface area contributed by atoms with Crippen molar-refractivity contribution in [1.29, 1.82) is 0 Å². The molecule has 1 aromatic heterocycles. The smallest absolute Gasteiger partial charge is 0.320 e. The van der Waals surface area contributed by atoms with Crippen molar-refractivity contribution in [3.63, 3.8) is 0 Å². The van der Waals surface area contributed by atoms with E-state index in [2.05, 4.69) is 21.0 Å². The standard InChI is InChI=1S/C15H19NO4/c1-4-11(8-9-12-7-5-6-10-16-12)13(14(17)19-2)15(18)20-3/h4-7,10-11,13H,1,8-9H2,2-3H3. The van der Waals surface area contributed by atoms with Gasteiger partial charge in [-0.3, -0.25) is 14.6 Å². The lowest BCUT2D eigenvalue weighted by Gasteiger charge is -2.20. The van der Waals surface area contributed by atoms with Crippen molar-refractivity contribution in [3.8, 4) is 0 Å². The summed E-state index contributed by atoms with van der Waals surface area (Å²) in [7, 11) is 2.49. The van der Waals surface area contributed by atoms with Gasteiger partial charge in [-0.05, 0) is 25.0 Å². The van der Waals surface area contributed by atoms with Gasteiger partial charge in [0.1, 0.15) is 0 Å². The van der Waals surface area contributed by atoms with Crippen LogP contribution in [0.1, 0.15) is 12.1 Å². The molecule has 0 saturated heterocycles. The summed E-state index contributed by atoms with van der Waals surface area (Å²) in [6, 6.07) is 5.62. The van der Waals surface area contributed by atoms with Crippen molar-refractivity contribution >= 4 is 11.9 Å². The molecule has 0 saturated carbocycles. The van der Waals surface area contributed by atoms with Crippen LogP contribution in [0.2, 0.25) is 0 Å². The molecule has 0 bridgehead atoms. The second-order valence-electron chi connectivity index (χ2n) is 4.28. The lowest BCUT2D eigenvalue weighted by Crippen LogP contribution is -2.33. The zero-order valence-corrected chi connectivity index (χ0v) is 11.7. The van der Waals surface area contributed by atoms with Crippen LogP contribution in [0.3, 0.4) is 0 Å². The molecule has 1 unspecified atom stereocenters. The van der Waals surface area contributed by atoms with Gasteiger partial charge in [-0.15, -0.1) is 6.58 Å². The van der Waals surface area contributed by atoms with E-state index in [1.165, 1.54) is 14.2 Å². The van der Waals surface area contributed by atoms with Crippen LogP contribution in [-0.2, 0) is 25.5 Å². The van der Waals surface area contributed by atoms with Crippen molar-refractivity contribution < 1.29 is 19.1 Å². The Bertz CT molecular complexity index is 442. The maximum Gasteiger partial charge on any atom is 0.320 e. The summed E-state index contributed by atoms with van der Waals surface area (Å²) in [5, 5.41) is 0. The number of aromatic nitrogens is 1. The highest BCUT2D eigenvalue weighted by Crippen LogP contribution is 2.22. The third-order valence-electron chi connectivity index (χ3n) is 3.10. The van der Waals surface area contributed by atoms with E-state index >= 15 is 0 Å². The summed E-state index contributed by atoms with van der Waals surface area (Å²) >= 11 is 0. The Hall–Kier alpha value is -2.17. The molecule has 5 nitrogen and oxygen atoms in total. The Morgan fingerprint density at radius 3 is 2.40 bits per heavy atom. The average molecular weight is 277 g/mol. The first kappa shape index (κ1) is 15.9. The van der Waals surface area contributed by atoms with Crippen molar-refractivity contribution in [2.75, 3.05) is 14.2 Å². The summed E-state index contributed by atoms with van der Waals surface area (Å²) in [6.07, 6.45) is 4.50. The number of nitrogens with zero attached hydrogens (tertiary/aromatic N) is 1. The third-order valence-corrected chi connectivity index (χ3v) is 3.10. The number of methoxy groups -OCH3 is 2. The first-order chi connectivity index (χ1) is 9.63. The number of aryl methyl sites for hydroxylation is 1. The van der Waals surface area contributed by atoms with Gasteiger partial charge in [-0.2, -0.15) is 0 Å². The molecule has 5 heteroatoms. The number of allylic oxidation sites excluding steroid dienone is 1. The number of carbonyl (C=O) groups excluding carboxylic acids is 2. The number of pyridine rings is 1. The van der Waals surface area contributed by atoms with E-state index in [0.29, 0.717) is 12.8 Å². The molecule has 0 aliphatic heterocycles. The minimum Gasteiger partial charge on any atom is -0.468 e. The molecule has 1 atom stereocenters. The van der Waals surface area contributed by atoms with Gasteiger partial charge < -0.3 is 9.47 Å². The van der Waals surface area contributed by atoms with Gasteiger partial charge in [0, 0.05) is 17.8 Å². The monoisotopic (exact) mass is 277 g/mol. The van der Waals surface area contributed by atoms with Gasteiger partial charge in [-0.25, -0.2) is 0 Å². The normalized spacial score (nSPS) is 11.8. The number of esters is 2. The Balaban J connectivity index is 2.77. The van der Waals surface area contributed by atoms with Gasteiger partial charge in [-0.1, -0.05) is 12.1 Å². The molecule has 1 rings (SSSR count). The number of rotatable bonds is 7. The van der Waals surface area contributed by atoms with Crippen LogP contribution in [0.5, 0.6) is 0 Å². The van der Waals surface area contributed by atoms with Crippen LogP contribution >= 0.6 is 0 Å². The average Bonchev–Trinajstić information content (AvgIpc) is 2.51. The molecule has 0 spiro atoms. The SMILES string of the molecule is C=CC(CCc1ccccn1)C(C(=O)OC)C(=O)OC. The fraction of sp³-hybridized carbons (Fsp3) is 0.400. The molecule has 0 N–H and O–H groups in total. The van der Waals surface area contributed by atoms with Crippen molar-refractivity contribution in [2.45, 2.75) is 12.8 Å². The first-order valence-corrected chi connectivity index (χ1v) is 6.32. The fourth-order valence-electron chi connectivity index (χ4n) is 1.98. The molecule has 0 amide bonds. The lowest BCUT2D eigenvalue weighted by molar-refractivity contribution is -0.160. The molecule has 0 aliphatic carbocycles. The van der Waals surface area contributed by atoms with E-state index in [1.807, 2.05) is 18.2 Å². The van der Waals surface area contributed by atoms with E-state index in [4.69, 9.17) is 0 Å². The molecule has 0 fully saturated rings. The first-order valence-electron chi connectivity index (χ1n) is 6.32. The highest BCUT2D eigenvalue weighted by molar-refractivity contribution is 5.95. The van der Waals surface area contributed by atoms with Gasteiger partial charge in [0.2, 0.25) is 0 Å². The van der Waals surface area contributed by atoms with E-state index in [9.17, 15) is 9.59 Å².